The molecule has 0 fully saturated rings. The number of hydrogen-bond donors (Lipinski definition) is 1. The van der Waals surface area contributed by atoms with E-state index in [4.69, 9.17) is 0 Å². The van der Waals surface area contributed by atoms with Gasteiger partial charge in [0.2, 0.25) is 15.9 Å². The zero-order valence-corrected chi connectivity index (χ0v) is 15.7. The minimum atomic E-state index is -3.59. The maximum absolute atomic E-state index is 13.0. The van der Waals surface area contributed by atoms with E-state index in [1.807, 2.05) is 23.8 Å². The molecule has 0 aliphatic heterocycles. The Morgan fingerprint density at radius 3 is 2.58 bits per heavy atom. The first-order valence-electron chi connectivity index (χ1n) is 7.74. The smallest absolute Gasteiger partial charge is 0.243 e. The molecule has 1 heterocycles. The van der Waals surface area contributed by atoms with Crippen molar-refractivity contribution in [2.24, 2.45) is 0 Å². The summed E-state index contributed by atoms with van der Waals surface area (Å²) in [5.74, 6) is -0.185. The van der Waals surface area contributed by atoms with E-state index in [1.165, 1.54) is 11.2 Å². The summed E-state index contributed by atoms with van der Waals surface area (Å²) in [4.78, 5) is 11.4. The molecule has 1 N–H and O–H groups in total. The highest BCUT2D eigenvalue weighted by Gasteiger charge is 2.25. The topological polar surface area (TPSA) is 66.5 Å². The van der Waals surface area contributed by atoms with Crippen molar-refractivity contribution in [2.75, 3.05) is 11.9 Å². The van der Waals surface area contributed by atoms with Gasteiger partial charge < -0.3 is 5.32 Å². The van der Waals surface area contributed by atoms with Gasteiger partial charge in [-0.25, -0.2) is 8.42 Å². The van der Waals surface area contributed by atoms with Gasteiger partial charge in [0.05, 0.1) is 4.90 Å². The summed E-state index contributed by atoms with van der Waals surface area (Å²) >= 11 is 1.56. The fourth-order valence-electron chi connectivity index (χ4n) is 2.48. The minimum absolute atomic E-state index is 0.185. The molecule has 0 saturated carbocycles. The molecule has 24 heavy (non-hydrogen) atoms. The molecule has 130 valence electrons. The third kappa shape index (κ3) is 4.43. The molecule has 0 aliphatic rings. The first kappa shape index (κ1) is 18.6. The van der Waals surface area contributed by atoms with E-state index in [9.17, 15) is 13.2 Å². The quantitative estimate of drug-likeness (QED) is 0.814. The van der Waals surface area contributed by atoms with E-state index >= 15 is 0 Å². The summed E-state index contributed by atoms with van der Waals surface area (Å²) in [5, 5.41) is 6.58. The predicted molar refractivity (Wildman–Crippen MR) is 97.7 cm³/mol. The molecule has 0 spiro atoms. The molecule has 0 radical (unpaired) electrons. The number of rotatable bonds is 7. The van der Waals surface area contributed by atoms with Crippen LogP contribution in [-0.2, 0) is 21.4 Å². The van der Waals surface area contributed by atoms with Crippen molar-refractivity contribution in [1.29, 1.82) is 0 Å². The molecule has 5 nitrogen and oxygen atoms in total. The molecule has 2 rings (SSSR count). The molecular formula is C17H22N2O3S2. The highest BCUT2D eigenvalue weighted by Crippen LogP contribution is 2.25. The van der Waals surface area contributed by atoms with Gasteiger partial charge in [0, 0.05) is 25.7 Å². The lowest BCUT2D eigenvalue weighted by Crippen LogP contribution is -2.31. The summed E-state index contributed by atoms with van der Waals surface area (Å²) in [6, 6.07) is 6.81. The molecule has 0 atom stereocenters. The number of nitrogens with zero attached hydrogens (tertiary/aromatic N) is 1. The standard InChI is InChI=1S/C17H22N2O3S2/c1-4-8-19(11-15-7-9-23-12-15)24(21,22)17-6-5-16(10-13(17)2)18-14(3)20/h5-7,9-10,12H,4,8,11H2,1-3H3,(H,18,20). The molecule has 1 aromatic carbocycles. The average Bonchev–Trinajstić information content (AvgIpc) is 2.99. The van der Waals surface area contributed by atoms with Gasteiger partial charge in [0.15, 0.2) is 0 Å². The van der Waals surface area contributed by atoms with Gasteiger partial charge in [0.25, 0.3) is 0 Å². The molecule has 0 saturated heterocycles. The van der Waals surface area contributed by atoms with Gasteiger partial charge in [0.1, 0.15) is 0 Å². The highest BCUT2D eigenvalue weighted by atomic mass is 32.2. The Hall–Kier alpha value is -1.70. The lowest BCUT2D eigenvalue weighted by atomic mass is 10.2. The number of anilines is 1. The number of carbonyl (C=O) groups excluding carboxylic acids is 1. The number of thiophene rings is 1. The van der Waals surface area contributed by atoms with E-state index in [0.717, 1.165) is 12.0 Å². The third-order valence-electron chi connectivity index (χ3n) is 3.53. The van der Waals surface area contributed by atoms with E-state index in [1.54, 1.807) is 36.5 Å². The maximum Gasteiger partial charge on any atom is 0.243 e. The Kier molecular flexibility index (Phi) is 6.15. The predicted octanol–water partition coefficient (Wildman–Crippen LogP) is 3.62. The Morgan fingerprint density at radius 2 is 2.04 bits per heavy atom. The Morgan fingerprint density at radius 1 is 1.29 bits per heavy atom. The molecule has 0 unspecified atom stereocenters. The van der Waals surface area contributed by atoms with Crippen LogP contribution in [-0.4, -0.2) is 25.2 Å². The van der Waals surface area contributed by atoms with E-state index < -0.39 is 10.0 Å². The van der Waals surface area contributed by atoms with Gasteiger partial charge >= 0.3 is 0 Å². The molecule has 0 bridgehead atoms. The van der Waals surface area contributed by atoms with Gasteiger partial charge in [-0.3, -0.25) is 4.79 Å². The van der Waals surface area contributed by atoms with Crippen molar-refractivity contribution in [3.8, 4) is 0 Å². The van der Waals surface area contributed by atoms with Crippen molar-refractivity contribution < 1.29 is 13.2 Å². The molecule has 2 aromatic rings. The van der Waals surface area contributed by atoms with Crippen LogP contribution < -0.4 is 5.32 Å². The summed E-state index contributed by atoms with van der Waals surface area (Å²) in [6.45, 7) is 5.96. The molecular weight excluding hydrogens is 344 g/mol. The van der Waals surface area contributed by atoms with Crippen molar-refractivity contribution in [2.45, 2.75) is 38.6 Å². The number of sulfonamides is 1. The normalized spacial score (nSPS) is 11.7. The number of hydrogen-bond acceptors (Lipinski definition) is 4. The van der Waals surface area contributed by atoms with Crippen LogP contribution >= 0.6 is 11.3 Å². The highest BCUT2D eigenvalue weighted by molar-refractivity contribution is 7.89. The largest absolute Gasteiger partial charge is 0.326 e. The Labute approximate surface area is 147 Å². The van der Waals surface area contributed by atoms with Crippen molar-refractivity contribution >= 4 is 33.0 Å². The second-order valence-corrected chi connectivity index (χ2v) is 8.32. The number of carbonyl (C=O) groups is 1. The molecule has 0 aliphatic carbocycles. The summed E-state index contributed by atoms with van der Waals surface area (Å²) < 4.78 is 27.6. The Balaban J connectivity index is 2.33. The third-order valence-corrected chi connectivity index (χ3v) is 6.26. The van der Waals surface area contributed by atoms with Gasteiger partial charge in [-0.15, -0.1) is 0 Å². The molecule has 1 amide bonds. The van der Waals surface area contributed by atoms with Crippen LogP contribution in [0.15, 0.2) is 39.9 Å². The van der Waals surface area contributed by atoms with Crippen LogP contribution in [0.1, 0.15) is 31.4 Å². The van der Waals surface area contributed by atoms with Crippen LogP contribution in [0.5, 0.6) is 0 Å². The fraction of sp³-hybridized carbons (Fsp3) is 0.353. The lowest BCUT2D eigenvalue weighted by Gasteiger charge is -2.22. The van der Waals surface area contributed by atoms with Crippen LogP contribution in [0.4, 0.5) is 5.69 Å². The van der Waals surface area contributed by atoms with Crippen molar-refractivity contribution in [3.63, 3.8) is 0 Å². The summed E-state index contributed by atoms with van der Waals surface area (Å²) in [7, 11) is -3.59. The molecule has 1 aromatic heterocycles. The van der Waals surface area contributed by atoms with Gasteiger partial charge in [-0.1, -0.05) is 6.92 Å². The first-order valence-corrected chi connectivity index (χ1v) is 10.1. The van der Waals surface area contributed by atoms with E-state index in [2.05, 4.69) is 5.32 Å². The SMILES string of the molecule is CCCN(Cc1ccsc1)S(=O)(=O)c1ccc(NC(C)=O)cc1C. The number of nitrogens with one attached hydrogen (secondary N) is 1. The average molecular weight is 367 g/mol. The second-order valence-electron chi connectivity index (χ2n) is 5.63. The minimum Gasteiger partial charge on any atom is -0.326 e. The number of benzene rings is 1. The maximum atomic E-state index is 13.0. The fourth-order valence-corrected chi connectivity index (χ4v) is 4.86. The number of amides is 1. The number of aryl methyl sites for hydroxylation is 1. The van der Waals surface area contributed by atoms with Gasteiger partial charge in [-0.2, -0.15) is 15.6 Å². The van der Waals surface area contributed by atoms with Crippen molar-refractivity contribution in [3.05, 3.63) is 46.2 Å². The summed E-state index contributed by atoms with van der Waals surface area (Å²) in [5.41, 5.74) is 2.20. The van der Waals surface area contributed by atoms with Crippen LogP contribution in [0.3, 0.4) is 0 Å². The van der Waals surface area contributed by atoms with Crippen molar-refractivity contribution in [1.82, 2.24) is 4.31 Å². The zero-order chi connectivity index (χ0) is 17.7. The summed E-state index contributed by atoms with van der Waals surface area (Å²) in [6.07, 6.45) is 0.742. The van der Waals surface area contributed by atoms with Crippen LogP contribution in [0.2, 0.25) is 0 Å². The second kappa shape index (κ2) is 7.92. The van der Waals surface area contributed by atoms with Crippen LogP contribution in [0, 0.1) is 6.92 Å². The molecule has 7 heteroatoms. The van der Waals surface area contributed by atoms with Crippen LogP contribution in [0.25, 0.3) is 0 Å². The monoisotopic (exact) mass is 366 g/mol. The Bertz CT molecular complexity index is 799. The zero-order valence-electron chi connectivity index (χ0n) is 14.1. The van der Waals surface area contributed by atoms with E-state index in [0.29, 0.717) is 24.3 Å². The van der Waals surface area contributed by atoms with E-state index in [-0.39, 0.29) is 10.8 Å². The lowest BCUT2D eigenvalue weighted by molar-refractivity contribution is -0.114. The van der Waals surface area contributed by atoms with Gasteiger partial charge in [-0.05, 0) is 59.5 Å². The first-order chi connectivity index (χ1) is 11.3.